The van der Waals surface area contributed by atoms with Crippen LogP contribution >= 0.6 is 0 Å². The summed E-state index contributed by atoms with van der Waals surface area (Å²) in [7, 11) is 1.78. The van der Waals surface area contributed by atoms with E-state index in [1.807, 2.05) is 18.2 Å². The summed E-state index contributed by atoms with van der Waals surface area (Å²) in [5.74, 6) is 0. The summed E-state index contributed by atoms with van der Waals surface area (Å²) >= 11 is 0. The van der Waals surface area contributed by atoms with Crippen molar-refractivity contribution in [3.63, 3.8) is 0 Å². The predicted octanol–water partition coefficient (Wildman–Crippen LogP) is 2.68. The van der Waals surface area contributed by atoms with Crippen molar-refractivity contribution in [2.75, 3.05) is 11.9 Å². The third kappa shape index (κ3) is 3.55. The number of anilines is 1. The topological polar surface area (TPSA) is 79.5 Å². The molecule has 0 aliphatic rings. The zero-order valence-corrected chi connectivity index (χ0v) is 11.9. The maximum atomic E-state index is 11.2. The molecule has 2 rings (SSSR count). The van der Waals surface area contributed by atoms with Gasteiger partial charge in [0.1, 0.15) is 5.69 Å². The molecule has 1 atom stereocenters. The lowest BCUT2D eigenvalue weighted by molar-refractivity contribution is -0.384. The zero-order valence-electron chi connectivity index (χ0n) is 11.9. The summed E-state index contributed by atoms with van der Waals surface area (Å²) in [6.07, 6.45) is 0.951. The van der Waals surface area contributed by atoms with E-state index in [1.54, 1.807) is 37.2 Å². The first kappa shape index (κ1) is 14.9. The van der Waals surface area contributed by atoms with Crippen molar-refractivity contribution in [3.05, 3.63) is 64.0 Å². The lowest BCUT2D eigenvalue weighted by Gasteiger charge is -2.19. The Kier molecular flexibility index (Phi) is 4.49. The molecule has 110 valence electrons. The van der Waals surface area contributed by atoms with Crippen molar-refractivity contribution < 1.29 is 10.0 Å². The number of aliphatic hydroxyl groups is 1. The van der Waals surface area contributed by atoms with Gasteiger partial charge in [-0.05, 0) is 30.7 Å². The van der Waals surface area contributed by atoms with Gasteiger partial charge in [-0.3, -0.25) is 15.1 Å². The highest BCUT2D eigenvalue weighted by molar-refractivity contribution is 5.64. The molecule has 6 heteroatoms. The van der Waals surface area contributed by atoms with Crippen LogP contribution in [0.25, 0.3) is 0 Å². The van der Waals surface area contributed by atoms with Crippen molar-refractivity contribution in [3.8, 4) is 0 Å². The van der Waals surface area contributed by atoms with Gasteiger partial charge in [-0.25, -0.2) is 0 Å². The van der Waals surface area contributed by atoms with Gasteiger partial charge in [0.2, 0.25) is 0 Å². The first-order valence-electron chi connectivity index (χ1n) is 6.56. The largest absolute Gasteiger partial charge is 0.389 e. The molecule has 0 bridgehead atoms. The number of hydrogen-bond acceptors (Lipinski definition) is 5. The fourth-order valence-electron chi connectivity index (χ4n) is 2.09. The zero-order chi connectivity index (χ0) is 15.4. The quantitative estimate of drug-likeness (QED) is 0.675. The number of nitro benzene ring substituents is 1. The molecule has 1 aromatic carbocycles. The Balaban J connectivity index is 2.32. The normalized spacial score (nSPS) is 12.0. The molecule has 2 aromatic rings. The number of hydrogen-bond donors (Lipinski definition) is 1. The molecule has 0 fully saturated rings. The van der Waals surface area contributed by atoms with E-state index in [2.05, 4.69) is 4.98 Å². The molecule has 0 saturated heterocycles. The molecule has 0 spiro atoms. The van der Waals surface area contributed by atoms with Gasteiger partial charge in [0.05, 0.1) is 23.3 Å². The highest BCUT2D eigenvalue weighted by Gasteiger charge is 2.19. The van der Waals surface area contributed by atoms with Crippen LogP contribution in [0.5, 0.6) is 0 Å². The smallest absolute Gasteiger partial charge is 0.292 e. The first-order chi connectivity index (χ1) is 9.99. The molecule has 1 aromatic heterocycles. The van der Waals surface area contributed by atoms with Crippen LogP contribution in [0.15, 0.2) is 42.6 Å². The van der Waals surface area contributed by atoms with Gasteiger partial charge < -0.3 is 10.0 Å². The lowest BCUT2D eigenvalue weighted by Crippen LogP contribution is -2.18. The van der Waals surface area contributed by atoms with E-state index in [-0.39, 0.29) is 5.69 Å². The minimum atomic E-state index is -0.737. The second-order valence-corrected chi connectivity index (χ2v) is 4.86. The number of aromatic nitrogens is 1. The SMILES string of the molecule is CC(O)c1ccc(N(C)Cc2ccccn2)c([N+](=O)[O-])c1. The van der Waals surface area contributed by atoms with Crippen LogP contribution in [0.4, 0.5) is 11.4 Å². The maximum absolute atomic E-state index is 11.2. The van der Waals surface area contributed by atoms with Crippen molar-refractivity contribution in [2.45, 2.75) is 19.6 Å². The molecule has 0 aliphatic carbocycles. The summed E-state index contributed by atoms with van der Waals surface area (Å²) < 4.78 is 0. The molecule has 6 nitrogen and oxygen atoms in total. The van der Waals surface area contributed by atoms with Gasteiger partial charge in [-0.1, -0.05) is 12.1 Å². The summed E-state index contributed by atoms with van der Waals surface area (Å²) in [5.41, 5.74) is 1.83. The minimum Gasteiger partial charge on any atom is -0.389 e. The Bertz CT molecular complexity index is 629. The Morgan fingerprint density at radius 3 is 2.71 bits per heavy atom. The Morgan fingerprint density at radius 1 is 1.38 bits per heavy atom. The van der Waals surface area contributed by atoms with Crippen LogP contribution in [-0.4, -0.2) is 22.1 Å². The minimum absolute atomic E-state index is 0.0215. The van der Waals surface area contributed by atoms with Crippen LogP contribution in [-0.2, 0) is 6.54 Å². The number of nitro groups is 1. The van der Waals surface area contributed by atoms with Gasteiger partial charge in [0, 0.05) is 19.3 Å². The molecule has 21 heavy (non-hydrogen) atoms. The summed E-state index contributed by atoms with van der Waals surface area (Å²) in [6.45, 7) is 2.05. The Labute approximate surface area is 122 Å². The second kappa shape index (κ2) is 6.32. The Hall–Kier alpha value is -2.47. The Morgan fingerprint density at radius 2 is 2.14 bits per heavy atom. The van der Waals surface area contributed by atoms with Crippen LogP contribution in [0.3, 0.4) is 0 Å². The van der Waals surface area contributed by atoms with Crippen molar-refractivity contribution >= 4 is 11.4 Å². The number of nitrogens with zero attached hydrogens (tertiary/aromatic N) is 3. The number of rotatable bonds is 5. The molecule has 1 N–H and O–H groups in total. The van der Waals surface area contributed by atoms with E-state index in [0.717, 1.165) is 5.69 Å². The van der Waals surface area contributed by atoms with Gasteiger partial charge in [-0.15, -0.1) is 0 Å². The highest BCUT2D eigenvalue weighted by Crippen LogP contribution is 2.31. The number of benzene rings is 1. The third-order valence-corrected chi connectivity index (χ3v) is 3.22. The van der Waals surface area contributed by atoms with Crippen LogP contribution in [0.2, 0.25) is 0 Å². The van der Waals surface area contributed by atoms with E-state index in [0.29, 0.717) is 17.8 Å². The van der Waals surface area contributed by atoms with Crippen LogP contribution < -0.4 is 4.90 Å². The molecule has 0 amide bonds. The molecular weight excluding hydrogens is 270 g/mol. The average molecular weight is 287 g/mol. The third-order valence-electron chi connectivity index (χ3n) is 3.22. The van der Waals surface area contributed by atoms with Gasteiger partial charge >= 0.3 is 0 Å². The second-order valence-electron chi connectivity index (χ2n) is 4.86. The number of aliphatic hydroxyl groups excluding tert-OH is 1. The molecule has 1 heterocycles. The summed E-state index contributed by atoms with van der Waals surface area (Å²) in [6, 6.07) is 10.3. The highest BCUT2D eigenvalue weighted by atomic mass is 16.6. The van der Waals surface area contributed by atoms with E-state index in [9.17, 15) is 15.2 Å². The van der Waals surface area contributed by atoms with Crippen molar-refractivity contribution in [1.82, 2.24) is 4.98 Å². The average Bonchev–Trinajstić information content (AvgIpc) is 2.47. The van der Waals surface area contributed by atoms with Gasteiger partial charge in [0.15, 0.2) is 0 Å². The summed E-state index contributed by atoms with van der Waals surface area (Å²) in [4.78, 5) is 16.8. The lowest BCUT2D eigenvalue weighted by atomic mass is 10.1. The first-order valence-corrected chi connectivity index (χ1v) is 6.56. The standard InChI is InChI=1S/C15H17N3O3/c1-11(19)12-6-7-14(15(9-12)18(20)21)17(2)10-13-5-3-4-8-16-13/h3-9,11,19H,10H2,1-2H3. The monoisotopic (exact) mass is 287 g/mol. The molecule has 0 radical (unpaired) electrons. The van der Waals surface area contributed by atoms with Crippen molar-refractivity contribution in [1.29, 1.82) is 0 Å². The molecule has 0 saturated carbocycles. The maximum Gasteiger partial charge on any atom is 0.292 e. The van der Waals surface area contributed by atoms with E-state index in [4.69, 9.17) is 0 Å². The molecule has 1 unspecified atom stereocenters. The van der Waals surface area contributed by atoms with E-state index in [1.165, 1.54) is 6.07 Å². The van der Waals surface area contributed by atoms with Crippen LogP contribution in [0.1, 0.15) is 24.3 Å². The van der Waals surface area contributed by atoms with Crippen LogP contribution in [0, 0.1) is 10.1 Å². The predicted molar refractivity (Wildman–Crippen MR) is 80.1 cm³/mol. The van der Waals surface area contributed by atoms with E-state index < -0.39 is 11.0 Å². The number of pyridine rings is 1. The van der Waals surface area contributed by atoms with Gasteiger partial charge in [-0.2, -0.15) is 0 Å². The molecule has 0 aliphatic heterocycles. The van der Waals surface area contributed by atoms with Gasteiger partial charge in [0.25, 0.3) is 5.69 Å². The van der Waals surface area contributed by atoms with E-state index >= 15 is 0 Å². The fourth-order valence-corrected chi connectivity index (χ4v) is 2.09. The fraction of sp³-hybridized carbons (Fsp3) is 0.267. The summed E-state index contributed by atoms with van der Waals surface area (Å²) in [5, 5.41) is 20.8. The molecular formula is C15H17N3O3. The van der Waals surface area contributed by atoms with Crippen molar-refractivity contribution in [2.24, 2.45) is 0 Å².